The highest BCUT2D eigenvalue weighted by Crippen LogP contribution is 2.30. The Morgan fingerprint density at radius 2 is 1.65 bits per heavy atom. The summed E-state index contributed by atoms with van der Waals surface area (Å²) in [6, 6.07) is 10.8. The number of ether oxygens (including phenoxy) is 1. The fraction of sp³-hybridized carbons (Fsp3) is 0.250. The van der Waals surface area contributed by atoms with Crippen LogP contribution in [-0.4, -0.2) is 30.1 Å². The van der Waals surface area contributed by atoms with Crippen LogP contribution >= 0.6 is 0 Å². The van der Waals surface area contributed by atoms with E-state index in [1.807, 2.05) is 30.3 Å². The van der Waals surface area contributed by atoms with Crippen LogP contribution in [0.25, 0.3) is 10.8 Å². The Labute approximate surface area is 150 Å². The number of methoxy groups -OCH3 is 1. The Bertz CT molecular complexity index is 902. The van der Waals surface area contributed by atoms with Crippen LogP contribution in [-0.2, 0) is 14.3 Å². The van der Waals surface area contributed by atoms with Crippen molar-refractivity contribution in [3.05, 3.63) is 54.1 Å². The molecule has 2 aromatic carbocycles. The van der Waals surface area contributed by atoms with Crippen LogP contribution in [0.3, 0.4) is 0 Å². The molecule has 1 aliphatic rings. The largest absolute Gasteiger partial charge is 0.481 e. The maximum Gasteiger partial charge on any atom is 0.339 e. The third-order valence-electron chi connectivity index (χ3n) is 4.64. The summed E-state index contributed by atoms with van der Waals surface area (Å²) in [4.78, 5) is 36.3. The van der Waals surface area contributed by atoms with E-state index in [0.717, 1.165) is 10.8 Å². The molecule has 6 nitrogen and oxygen atoms in total. The van der Waals surface area contributed by atoms with Crippen molar-refractivity contribution in [2.45, 2.75) is 12.8 Å². The number of rotatable bonds is 4. The van der Waals surface area contributed by atoms with Crippen molar-refractivity contribution in [3.8, 4) is 0 Å². The molecule has 0 spiro atoms. The van der Waals surface area contributed by atoms with Gasteiger partial charge in [-0.3, -0.25) is 9.59 Å². The normalized spacial score (nSPS) is 19.1. The Kier molecular flexibility index (Phi) is 5.02. The number of anilines is 1. The van der Waals surface area contributed by atoms with Crippen LogP contribution in [0.5, 0.6) is 0 Å². The standard InChI is InChI=1S/C20H19NO5/c1-26-20(25)16-10-12-6-2-3-7-13(12)11-17(16)21-18(22)14-8-4-5-9-15(14)19(23)24/h2-7,10-11,14-15H,8-9H2,1H3,(H,21,22)(H,23,24)/t14-,15+/m1/s1. The van der Waals surface area contributed by atoms with Gasteiger partial charge < -0.3 is 15.2 Å². The molecule has 2 N–H and O–H groups in total. The van der Waals surface area contributed by atoms with Gasteiger partial charge in [0.15, 0.2) is 0 Å². The summed E-state index contributed by atoms with van der Waals surface area (Å²) in [6.45, 7) is 0. The molecule has 2 aromatic rings. The molecular formula is C20H19NO5. The van der Waals surface area contributed by atoms with E-state index in [9.17, 15) is 19.5 Å². The van der Waals surface area contributed by atoms with Gasteiger partial charge in [0.1, 0.15) is 0 Å². The summed E-state index contributed by atoms with van der Waals surface area (Å²) in [6.07, 6.45) is 4.25. The number of carboxylic acids is 1. The number of carbonyl (C=O) groups is 3. The number of allylic oxidation sites excluding steroid dienone is 2. The minimum atomic E-state index is -0.999. The predicted octanol–water partition coefficient (Wildman–Crippen LogP) is 3.23. The second kappa shape index (κ2) is 7.39. The minimum absolute atomic E-state index is 0.234. The lowest BCUT2D eigenvalue weighted by molar-refractivity contribution is -0.146. The number of aliphatic carboxylic acids is 1. The highest BCUT2D eigenvalue weighted by Gasteiger charge is 2.34. The molecule has 3 rings (SSSR count). The number of nitrogens with one attached hydrogen (secondary N) is 1. The second-order valence-electron chi connectivity index (χ2n) is 6.22. The number of carboxylic acid groups (broad SMARTS) is 1. The van der Waals surface area contributed by atoms with Crippen LogP contribution in [0.1, 0.15) is 23.2 Å². The fourth-order valence-corrected chi connectivity index (χ4v) is 3.22. The number of carbonyl (C=O) groups excluding carboxylic acids is 2. The lowest BCUT2D eigenvalue weighted by Gasteiger charge is -2.24. The van der Waals surface area contributed by atoms with E-state index in [0.29, 0.717) is 18.5 Å². The number of hydrogen-bond acceptors (Lipinski definition) is 4. The number of fused-ring (bicyclic) bond motifs is 1. The first-order valence-corrected chi connectivity index (χ1v) is 8.31. The van der Waals surface area contributed by atoms with Gasteiger partial charge in [-0.05, 0) is 35.7 Å². The first kappa shape index (κ1) is 17.7. The zero-order valence-electron chi connectivity index (χ0n) is 14.3. The molecule has 1 aliphatic carbocycles. The Hall–Kier alpha value is -3.15. The molecule has 2 atom stereocenters. The third kappa shape index (κ3) is 3.44. The third-order valence-corrected chi connectivity index (χ3v) is 4.64. The molecule has 0 fully saturated rings. The average molecular weight is 353 g/mol. The van der Waals surface area contributed by atoms with Gasteiger partial charge in [-0.15, -0.1) is 0 Å². The Morgan fingerprint density at radius 1 is 1.04 bits per heavy atom. The van der Waals surface area contributed by atoms with Gasteiger partial charge in [-0.1, -0.05) is 36.4 Å². The van der Waals surface area contributed by atoms with Gasteiger partial charge in [0.25, 0.3) is 0 Å². The highest BCUT2D eigenvalue weighted by atomic mass is 16.5. The minimum Gasteiger partial charge on any atom is -0.481 e. The Balaban J connectivity index is 1.96. The van der Waals surface area contributed by atoms with Gasteiger partial charge >= 0.3 is 11.9 Å². The molecule has 0 aliphatic heterocycles. The van der Waals surface area contributed by atoms with Crippen LogP contribution in [0.4, 0.5) is 5.69 Å². The molecule has 0 radical (unpaired) electrons. The van der Waals surface area contributed by atoms with Crippen LogP contribution in [0, 0.1) is 11.8 Å². The lowest BCUT2D eigenvalue weighted by atomic mass is 9.82. The van der Waals surface area contributed by atoms with E-state index in [1.54, 1.807) is 18.2 Å². The maximum absolute atomic E-state index is 12.7. The van der Waals surface area contributed by atoms with E-state index in [2.05, 4.69) is 5.32 Å². The van der Waals surface area contributed by atoms with Gasteiger partial charge in [-0.2, -0.15) is 0 Å². The van der Waals surface area contributed by atoms with Crippen molar-refractivity contribution in [2.75, 3.05) is 12.4 Å². The van der Waals surface area contributed by atoms with Crippen molar-refractivity contribution >= 4 is 34.3 Å². The van der Waals surface area contributed by atoms with Crippen molar-refractivity contribution in [2.24, 2.45) is 11.8 Å². The molecule has 0 unspecified atom stereocenters. The number of benzene rings is 2. The molecule has 0 saturated carbocycles. The summed E-state index contributed by atoms with van der Waals surface area (Å²) in [5.74, 6) is -3.44. The molecule has 0 aromatic heterocycles. The van der Waals surface area contributed by atoms with E-state index in [1.165, 1.54) is 7.11 Å². The molecule has 0 saturated heterocycles. The predicted molar refractivity (Wildman–Crippen MR) is 96.9 cm³/mol. The number of amides is 1. The summed E-state index contributed by atoms with van der Waals surface area (Å²) >= 11 is 0. The molecule has 26 heavy (non-hydrogen) atoms. The van der Waals surface area contributed by atoms with Crippen molar-refractivity contribution in [1.29, 1.82) is 0 Å². The van der Waals surface area contributed by atoms with Gasteiger partial charge in [-0.25, -0.2) is 4.79 Å². The summed E-state index contributed by atoms with van der Waals surface area (Å²) in [5.41, 5.74) is 0.553. The molecule has 0 heterocycles. The van der Waals surface area contributed by atoms with Crippen molar-refractivity contribution in [1.82, 2.24) is 0 Å². The van der Waals surface area contributed by atoms with E-state index >= 15 is 0 Å². The van der Waals surface area contributed by atoms with Gasteiger partial charge in [0.05, 0.1) is 30.2 Å². The van der Waals surface area contributed by atoms with Gasteiger partial charge in [0, 0.05) is 0 Å². The SMILES string of the molecule is COC(=O)c1cc2ccccc2cc1NC(=O)[C@@H]1CC=CC[C@@H]1C(=O)O. The lowest BCUT2D eigenvalue weighted by Crippen LogP contribution is -2.35. The van der Waals surface area contributed by atoms with Crippen LogP contribution < -0.4 is 5.32 Å². The maximum atomic E-state index is 12.7. The van der Waals surface area contributed by atoms with E-state index in [4.69, 9.17) is 4.74 Å². The van der Waals surface area contributed by atoms with Crippen LogP contribution in [0.2, 0.25) is 0 Å². The van der Waals surface area contributed by atoms with E-state index < -0.39 is 29.7 Å². The fourth-order valence-electron chi connectivity index (χ4n) is 3.22. The second-order valence-corrected chi connectivity index (χ2v) is 6.22. The molecule has 1 amide bonds. The summed E-state index contributed by atoms with van der Waals surface area (Å²) < 4.78 is 4.82. The summed E-state index contributed by atoms with van der Waals surface area (Å²) in [5, 5.41) is 13.8. The first-order valence-electron chi connectivity index (χ1n) is 8.31. The summed E-state index contributed by atoms with van der Waals surface area (Å²) in [7, 11) is 1.27. The van der Waals surface area contributed by atoms with Crippen molar-refractivity contribution < 1.29 is 24.2 Å². The first-order chi connectivity index (χ1) is 12.5. The highest BCUT2D eigenvalue weighted by molar-refractivity contribution is 6.06. The zero-order chi connectivity index (χ0) is 18.7. The molecule has 134 valence electrons. The zero-order valence-corrected chi connectivity index (χ0v) is 14.3. The monoisotopic (exact) mass is 353 g/mol. The molecule has 6 heteroatoms. The number of hydrogen-bond donors (Lipinski definition) is 2. The smallest absolute Gasteiger partial charge is 0.339 e. The Morgan fingerprint density at radius 3 is 2.27 bits per heavy atom. The quantitative estimate of drug-likeness (QED) is 0.650. The average Bonchev–Trinajstić information content (AvgIpc) is 2.66. The van der Waals surface area contributed by atoms with Crippen LogP contribution in [0.15, 0.2) is 48.6 Å². The topological polar surface area (TPSA) is 92.7 Å². The van der Waals surface area contributed by atoms with Crippen molar-refractivity contribution in [3.63, 3.8) is 0 Å². The molecule has 0 bridgehead atoms. The number of esters is 1. The van der Waals surface area contributed by atoms with Gasteiger partial charge in [0.2, 0.25) is 5.91 Å². The molecular weight excluding hydrogens is 334 g/mol. The van der Waals surface area contributed by atoms with E-state index in [-0.39, 0.29) is 5.56 Å².